The summed E-state index contributed by atoms with van der Waals surface area (Å²) in [6, 6.07) is -1.07. The van der Waals surface area contributed by atoms with Gasteiger partial charge in [-0.2, -0.15) is 8.42 Å². The maximum absolute atomic E-state index is 12.3. The Morgan fingerprint density at radius 3 is 1.66 bits per heavy atom. The molecule has 0 aromatic carbocycles. The van der Waals surface area contributed by atoms with Crippen molar-refractivity contribution < 1.29 is 22.9 Å². The van der Waals surface area contributed by atoms with Crippen LogP contribution < -0.4 is 5.32 Å². The molecule has 0 aromatic rings. The first-order chi connectivity index (χ1) is 18.3. The van der Waals surface area contributed by atoms with Gasteiger partial charge in [-0.1, -0.05) is 121 Å². The van der Waals surface area contributed by atoms with Crippen LogP contribution in [-0.2, 0) is 14.9 Å². The van der Waals surface area contributed by atoms with Crippen molar-refractivity contribution in [2.75, 3.05) is 5.75 Å². The van der Waals surface area contributed by atoms with Gasteiger partial charge in [-0.15, -0.1) is 0 Å². The molecule has 0 aliphatic carbocycles. The zero-order chi connectivity index (χ0) is 28.3. The van der Waals surface area contributed by atoms with E-state index < -0.39 is 28.0 Å². The number of amides is 1. The first-order valence-electron chi connectivity index (χ1n) is 15.2. The van der Waals surface area contributed by atoms with Crippen LogP contribution in [0.3, 0.4) is 0 Å². The van der Waals surface area contributed by atoms with Crippen LogP contribution in [0.15, 0.2) is 36.5 Å². The summed E-state index contributed by atoms with van der Waals surface area (Å²) in [7, 11) is -4.34. The molecule has 38 heavy (non-hydrogen) atoms. The summed E-state index contributed by atoms with van der Waals surface area (Å²) in [5.74, 6) is -1.02. The van der Waals surface area contributed by atoms with Crippen LogP contribution >= 0.6 is 0 Å². The van der Waals surface area contributed by atoms with Crippen molar-refractivity contribution in [2.45, 2.75) is 148 Å². The summed E-state index contributed by atoms with van der Waals surface area (Å²) >= 11 is 0. The molecule has 0 bridgehead atoms. The highest BCUT2D eigenvalue weighted by Gasteiger charge is 2.24. The van der Waals surface area contributed by atoms with Gasteiger partial charge in [0, 0.05) is 6.42 Å². The molecule has 0 fully saturated rings. The predicted octanol–water partition coefficient (Wildman–Crippen LogP) is 7.84. The fourth-order valence-electron chi connectivity index (χ4n) is 4.24. The van der Waals surface area contributed by atoms with Gasteiger partial charge in [0.05, 0.1) is 17.9 Å². The second-order valence-corrected chi connectivity index (χ2v) is 11.9. The second kappa shape index (κ2) is 25.8. The number of carbonyl (C=O) groups is 1. The number of nitrogens with one attached hydrogen (secondary N) is 1. The van der Waals surface area contributed by atoms with Crippen molar-refractivity contribution in [1.29, 1.82) is 0 Å². The lowest BCUT2D eigenvalue weighted by molar-refractivity contribution is -0.122. The minimum Gasteiger partial charge on any atom is -0.387 e. The molecule has 0 aliphatic rings. The summed E-state index contributed by atoms with van der Waals surface area (Å²) < 4.78 is 32.0. The molecule has 2 unspecified atom stereocenters. The average Bonchev–Trinajstić information content (AvgIpc) is 2.86. The molecule has 6 nitrogen and oxygen atoms in total. The van der Waals surface area contributed by atoms with Crippen LogP contribution in [0.5, 0.6) is 0 Å². The number of allylic oxidation sites excluding steroid dienone is 5. The quantitative estimate of drug-likeness (QED) is 0.0573. The lowest BCUT2D eigenvalue weighted by Gasteiger charge is -2.21. The van der Waals surface area contributed by atoms with E-state index in [2.05, 4.69) is 43.5 Å². The Balaban J connectivity index is 4.17. The van der Waals surface area contributed by atoms with Crippen molar-refractivity contribution in [1.82, 2.24) is 5.32 Å². The summed E-state index contributed by atoms with van der Waals surface area (Å²) in [6.45, 7) is 4.41. The zero-order valence-electron chi connectivity index (χ0n) is 24.3. The maximum atomic E-state index is 12.3. The van der Waals surface area contributed by atoms with Crippen molar-refractivity contribution >= 4 is 16.0 Å². The van der Waals surface area contributed by atoms with Crippen molar-refractivity contribution in [3.63, 3.8) is 0 Å². The third kappa shape index (κ3) is 26.2. The predicted molar refractivity (Wildman–Crippen MR) is 161 cm³/mol. The first-order valence-corrected chi connectivity index (χ1v) is 16.8. The summed E-state index contributed by atoms with van der Waals surface area (Å²) in [6.07, 6.45) is 31.4. The minimum atomic E-state index is -4.34. The van der Waals surface area contributed by atoms with Crippen LogP contribution in [0.4, 0.5) is 0 Å². The van der Waals surface area contributed by atoms with E-state index in [-0.39, 0.29) is 12.3 Å². The van der Waals surface area contributed by atoms with E-state index >= 15 is 0 Å². The molecule has 0 saturated carbocycles. The van der Waals surface area contributed by atoms with E-state index in [1.807, 2.05) is 0 Å². The fraction of sp³-hybridized carbons (Fsp3) is 0.774. The monoisotopic (exact) mass is 555 g/mol. The largest absolute Gasteiger partial charge is 0.387 e. The van der Waals surface area contributed by atoms with Gasteiger partial charge in [-0.3, -0.25) is 9.35 Å². The van der Waals surface area contributed by atoms with Gasteiger partial charge in [0.15, 0.2) is 0 Å². The molecule has 0 rings (SSSR count). The van der Waals surface area contributed by atoms with E-state index in [1.54, 1.807) is 6.08 Å². The van der Waals surface area contributed by atoms with Crippen LogP contribution in [0.1, 0.15) is 136 Å². The Kier molecular flexibility index (Phi) is 24.8. The molecule has 0 aliphatic heterocycles. The standard InChI is InChI=1S/C31H57NO5S/c1-3-5-7-9-11-12-13-14-15-16-17-18-19-21-22-24-26-30(33)29(28-38(35,36)37)32-31(34)27-25-23-20-10-8-6-4-2/h14-15,18-19,24,26,29-30,33H,3-13,16-17,20-23,25,27-28H2,1-2H3,(H,32,34)(H,35,36,37)/b15-14+,19-18+,26-24+. The number of aliphatic hydroxyl groups excluding tert-OH is 1. The molecule has 0 radical (unpaired) electrons. The van der Waals surface area contributed by atoms with Crippen molar-refractivity contribution in [3.05, 3.63) is 36.5 Å². The molecule has 3 N–H and O–H groups in total. The lowest BCUT2D eigenvalue weighted by atomic mass is 10.1. The summed E-state index contributed by atoms with van der Waals surface area (Å²) in [4.78, 5) is 12.3. The number of aliphatic hydroxyl groups is 1. The van der Waals surface area contributed by atoms with E-state index in [0.29, 0.717) is 6.42 Å². The molecule has 1 amide bonds. The maximum Gasteiger partial charge on any atom is 0.267 e. The Morgan fingerprint density at radius 2 is 1.13 bits per heavy atom. The fourth-order valence-corrected chi connectivity index (χ4v) is 4.98. The number of rotatable bonds is 26. The number of hydrogen-bond acceptors (Lipinski definition) is 4. The average molecular weight is 556 g/mol. The van der Waals surface area contributed by atoms with E-state index in [1.165, 1.54) is 70.3 Å². The molecule has 7 heteroatoms. The normalized spacial score (nSPS) is 14.1. The van der Waals surface area contributed by atoms with Gasteiger partial charge >= 0.3 is 0 Å². The van der Waals surface area contributed by atoms with Gasteiger partial charge in [0.2, 0.25) is 5.91 Å². The van der Waals surface area contributed by atoms with Gasteiger partial charge in [-0.25, -0.2) is 0 Å². The third-order valence-electron chi connectivity index (χ3n) is 6.55. The Labute approximate surface area is 234 Å². The molecule has 0 aromatic heterocycles. The van der Waals surface area contributed by atoms with Gasteiger partial charge in [-0.05, 0) is 44.9 Å². The van der Waals surface area contributed by atoms with E-state index in [4.69, 9.17) is 0 Å². The number of hydrogen-bond donors (Lipinski definition) is 3. The first kappa shape index (κ1) is 36.6. The topological polar surface area (TPSA) is 104 Å². The molecule has 0 spiro atoms. The van der Waals surface area contributed by atoms with Crippen LogP contribution in [0, 0.1) is 0 Å². The van der Waals surface area contributed by atoms with Gasteiger partial charge < -0.3 is 10.4 Å². The van der Waals surface area contributed by atoms with E-state index in [9.17, 15) is 22.9 Å². The number of unbranched alkanes of at least 4 members (excludes halogenated alkanes) is 14. The Morgan fingerprint density at radius 1 is 0.684 bits per heavy atom. The summed E-state index contributed by atoms with van der Waals surface area (Å²) in [5, 5.41) is 13.0. The van der Waals surface area contributed by atoms with E-state index in [0.717, 1.165) is 44.9 Å². The smallest absolute Gasteiger partial charge is 0.267 e. The van der Waals surface area contributed by atoms with Crippen molar-refractivity contribution in [3.8, 4) is 0 Å². The third-order valence-corrected chi connectivity index (χ3v) is 7.33. The highest BCUT2D eigenvalue weighted by Crippen LogP contribution is 2.10. The van der Waals surface area contributed by atoms with Crippen molar-refractivity contribution in [2.24, 2.45) is 0 Å². The Hall–Kier alpha value is -1.44. The zero-order valence-corrected chi connectivity index (χ0v) is 25.1. The molecule has 2 atom stereocenters. The highest BCUT2D eigenvalue weighted by atomic mass is 32.2. The molecule has 222 valence electrons. The number of carbonyl (C=O) groups excluding carboxylic acids is 1. The van der Waals surface area contributed by atoms with Crippen LogP contribution in [0.2, 0.25) is 0 Å². The highest BCUT2D eigenvalue weighted by molar-refractivity contribution is 7.85. The molecule has 0 heterocycles. The lowest BCUT2D eigenvalue weighted by Crippen LogP contribution is -2.46. The van der Waals surface area contributed by atoms with Crippen LogP contribution in [0.25, 0.3) is 0 Å². The second-order valence-electron chi connectivity index (χ2n) is 10.4. The molecular weight excluding hydrogens is 498 g/mol. The Bertz CT molecular complexity index is 745. The SMILES string of the molecule is CCCCCCCC/C=C/CC/C=C/CC/C=C/C(O)C(CS(=O)(=O)O)NC(=O)CCCCCCCCC. The van der Waals surface area contributed by atoms with Crippen LogP contribution in [-0.4, -0.2) is 41.9 Å². The van der Waals surface area contributed by atoms with Gasteiger partial charge in [0.25, 0.3) is 10.1 Å². The molecule has 0 saturated heterocycles. The van der Waals surface area contributed by atoms with Gasteiger partial charge in [0.1, 0.15) is 0 Å². The summed E-state index contributed by atoms with van der Waals surface area (Å²) in [5.41, 5.74) is 0. The molecular formula is C31H57NO5S. The minimum absolute atomic E-state index is 0.283.